The highest BCUT2D eigenvalue weighted by Crippen LogP contribution is 2.38. The molecule has 0 radical (unpaired) electrons. The number of ether oxygens (including phenoxy) is 2. The molecule has 4 atom stereocenters. The maximum atomic E-state index is 12.3. The second-order valence-corrected chi connectivity index (χ2v) is 6.05. The van der Waals surface area contributed by atoms with Crippen molar-refractivity contribution in [2.45, 2.75) is 25.4 Å². The summed E-state index contributed by atoms with van der Waals surface area (Å²) in [5.74, 6) is -0.990. The number of nitrogens with zero attached hydrogens (tertiary/aromatic N) is 1. The molecule has 22 heavy (non-hydrogen) atoms. The molecule has 5 heteroatoms. The van der Waals surface area contributed by atoms with Gasteiger partial charge in [-0.3, -0.25) is 14.5 Å². The smallest absolute Gasteiger partial charge is 0.324 e. The summed E-state index contributed by atoms with van der Waals surface area (Å²) in [5, 5.41) is 0. The van der Waals surface area contributed by atoms with E-state index in [4.69, 9.17) is 9.47 Å². The number of piperidine rings is 1. The zero-order chi connectivity index (χ0) is 15.7. The van der Waals surface area contributed by atoms with Gasteiger partial charge in [0.1, 0.15) is 12.6 Å². The van der Waals surface area contributed by atoms with Gasteiger partial charge in [-0.25, -0.2) is 0 Å². The van der Waals surface area contributed by atoms with Gasteiger partial charge < -0.3 is 9.47 Å². The van der Waals surface area contributed by atoms with Gasteiger partial charge in [0.2, 0.25) is 0 Å². The van der Waals surface area contributed by atoms with E-state index in [0.717, 1.165) is 18.5 Å². The summed E-state index contributed by atoms with van der Waals surface area (Å²) >= 11 is 0. The molecule has 0 N–H and O–H groups in total. The molecule has 1 aromatic carbocycles. The van der Waals surface area contributed by atoms with Gasteiger partial charge in [-0.2, -0.15) is 0 Å². The van der Waals surface area contributed by atoms with Crippen LogP contribution in [0.15, 0.2) is 30.3 Å². The fourth-order valence-corrected chi connectivity index (χ4v) is 3.62. The Morgan fingerprint density at radius 1 is 1.32 bits per heavy atom. The highest BCUT2D eigenvalue weighted by atomic mass is 16.5. The summed E-state index contributed by atoms with van der Waals surface area (Å²) in [6, 6.07) is 9.44. The Bertz CT molecular complexity index is 559. The predicted octanol–water partition coefficient (Wildman–Crippen LogP) is 1.78. The Hall–Kier alpha value is -1.88. The van der Waals surface area contributed by atoms with Crippen LogP contribution >= 0.6 is 0 Å². The fourth-order valence-electron chi connectivity index (χ4n) is 3.62. The lowest BCUT2D eigenvalue weighted by Crippen LogP contribution is -2.60. The molecular formula is C17H21NO4. The number of morpholine rings is 1. The zero-order valence-electron chi connectivity index (χ0n) is 12.9. The molecule has 2 aliphatic heterocycles. The van der Waals surface area contributed by atoms with E-state index in [1.54, 1.807) is 0 Å². The largest absolute Gasteiger partial charge is 0.469 e. The molecule has 0 amide bonds. The van der Waals surface area contributed by atoms with E-state index in [1.165, 1.54) is 7.11 Å². The minimum Gasteiger partial charge on any atom is -0.469 e. The molecule has 5 nitrogen and oxygen atoms in total. The van der Waals surface area contributed by atoms with Gasteiger partial charge in [0.25, 0.3) is 0 Å². The van der Waals surface area contributed by atoms with Crippen molar-refractivity contribution in [3.63, 3.8) is 0 Å². The van der Waals surface area contributed by atoms with E-state index in [1.807, 2.05) is 37.3 Å². The Morgan fingerprint density at radius 2 is 2.05 bits per heavy atom. The van der Waals surface area contributed by atoms with E-state index in [0.29, 0.717) is 6.61 Å². The number of esters is 2. The summed E-state index contributed by atoms with van der Waals surface area (Å²) in [6.07, 6.45) is 0.868. The number of fused-ring (bicyclic) bond motifs is 1. The molecule has 2 fully saturated rings. The lowest BCUT2D eigenvalue weighted by Gasteiger charge is -2.48. The quantitative estimate of drug-likeness (QED) is 0.780. The number of carbonyl (C=O) groups is 2. The maximum absolute atomic E-state index is 12.3. The molecule has 0 unspecified atom stereocenters. The zero-order valence-corrected chi connectivity index (χ0v) is 12.9. The average Bonchev–Trinajstić information content (AvgIpc) is 2.55. The Balaban J connectivity index is 1.94. The summed E-state index contributed by atoms with van der Waals surface area (Å²) in [6.45, 7) is 3.12. The monoisotopic (exact) mass is 303 g/mol. The van der Waals surface area contributed by atoms with E-state index in [2.05, 4.69) is 4.90 Å². The van der Waals surface area contributed by atoms with Crippen LogP contribution in [0.3, 0.4) is 0 Å². The van der Waals surface area contributed by atoms with Crippen molar-refractivity contribution in [1.82, 2.24) is 4.90 Å². The number of methoxy groups -OCH3 is 1. The van der Waals surface area contributed by atoms with Crippen LogP contribution in [0, 0.1) is 11.8 Å². The number of rotatable bonds is 2. The van der Waals surface area contributed by atoms with Crippen LogP contribution in [-0.4, -0.2) is 43.1 Å². The van der Waals surface area contributed by atoms with Crippen molar-refractivity contribution < 1.29 is 19.1 Å². The lowest BCUT2D eigenvalue weighted by atomic mass is 9.78. The Morgan fingerprint density at radius 3 is 2.73 bits per heavy atom. The Labute approximate surface area is 130 Å². The topological polar surface area (TPSA) is 55.8 Å². The van der Waals surface area contributed by atoms with Crippen molar-refractivity contribution in [1.29, 1.82) is 0 Å². The van der Waals surface area contributed by atoms with Gasteiger partial charge in [-0.1, -0.05) is 37.3 Å². The highest BCUT2D eigenvalue weighted by Gasteiger charge is 2.50. The van der Waals surface area contributed by atoms with Crippen LogP contribution in [-0.2, 0) is 19.1 Å². The molecule has 2 aliphatic rings. The third-order valence-electron chi connectivity index (χ3n) is 4.84. The molecule has 3 rings (SSSR count). The molecular weight excluding hydrogens is 282 g/mol. The second-order valence-electron chi connectivity index (χ2n) is 6.05. The summed E-state index contributed by atoms with van der Waals surface area (Å²) in [7, 11) is 1.37. The second kappa shape index (κ2) is 6.08. The number of hydrogen-bond donors (Lipinski definition) is 0. The summed E-state index contributed by atoms with van der Waals surface area (Å²) < 4.78 is 10.3. The highest BCUT2D eigenvalue weighted by molar-refractivity contribution is 5.85. The number of hydrogen-bond acceptors (Lipinski definition) is 5. The molecule has 2 saturated heterocycles. The van der Waals surface area contributed by atoms with Gasteiger partial charge in [-0.05, 0) is 17.9 Å². The van der Waals surface area contributed by atoms with Crippen LogP contribution in [0.5, 0.6) is 0 Å². The Kier molecular flexibility index (Phi) is 4.16. The first-order chi connectivity index (χ1) is 10.6. The third kappa shape index (κ3) is 2.50. The first kappa shape index (κ1) is 15.0. The first-order valence-corrected chi connectivity index (χ1v) is 7.68. The van der Waals surface area contributed by atoms with Gasteiger partial charge in [-0.15, -0.1) is 0 Å². The minimum absolute atomic E-state index is 0.00329. The van der Waals surface area contributed by atoms with E-state index >= 15 is 0 Å². The molecule has 0 spiro atoms. The van der Waals surface area contributed by atoms with Crippen molar-refractivity contribution >= 4 is 11.9 Å². The van der Waals surface area contributed by atoms with Crippen LogP contribution in [0.2, 0.25) is 0 Å². The van der Waals surface area contributed by atoms with Gasteiger partial charge in [0.05, 0.1) is 19.1 Å². The minimum atomic E-state index is -0.546. The lowest BCUT2D eigenvalue weighted by molar-refractivity contribution is -0.180. The standard InChI is InChI=1S/C17H21NO4/c1-11-8-9-18-13(12-6-4-3-5-7-12)10-22-17(20)15(18)14(11)16(19)21-2/h3-7,11,13-15H,8-10H2,1-2H3/t11-,13+,14-,15+/m0/s1. The van der Waals surface area contributed by atoms with Gasteiger partial charge in [0, 0.05) is 6.54 Å². The SMILES string of the molecule is COC(=O)[C@H]1[C@@H](C)CCN2[C@@H](c3ccccc3)COC(=O)[C@@H]12. The van der Waals surface area contributed by atoms with Crippen LogP contribution < -0.4 is 0 Å². The fraction of sp³-hybridized carbons (Fsp3) is 0.529. The number of cyclic esters (lactones) is 1. The molecule has 118 valence electrons. The van der Waals surface area contributed by atoms with Crippen LogP contribution in [0.4, 0.5) is 0 Å². The normalized spacial score (nSPS) is 32.0. The van der Waals surface area contributed by atoms with E-state index in [-0.39, 0.29) is 23.9 Å². The number of benzene rings is 1. The third-order valence-corrected chi connectivity index (χ3v) is 4.84. The van der Waals surface area contributed by atoms with Crippen molar-refractivity contribution in [2.24, 2.45) is 11.8 Å². The van der Waals surface area contributed by atoms with Crippen molar-refractivity contribution in [3.8, 4) is 0 Å². The van der Waals surface area contributed by atoms with Crippen molar-refractivity contribution in [3.05, 3.63) is 35.9 Å². The van der Waals surface area contributed by atoms with Crippen molar-refractivity contribution in [2.75, 3.05) is 20.3 Å². The molecule has 2 heterocycles. The molecule has 1 aromatic rings. The maximum Gasteiger partial charge on any atom is 0.324 e. The van der Waals surface area contributed by atoms with Gasteiger partial charge >= 0.3 is 11.9 Å². The molecule has 0 bridgehead atoms. The molecule has 0 aliphatic carbocycles. The molecule has 0 aromatic heterocycles. The first-order valence-electron chi connectivity index (χ1n) is 7.68. The predicted molar refractivity (Wildman–Crippen MR) is 79.9 cm³/mol. The average molecular weight is 303 g/mol. The van der Waals surface area contributed by atoms with Crippen LogP contribution in [0.1, 0.15) is 24.9 Å². The van der Waals surface area contributed by atoms with E-state index in [9.17, 15) is 9.59 Å². The van der Waals surface area contributed by atoms with Crippen LogP contribution in [0.25, 0.3) is 0 Å². The molecule has 0 saturated carbocycles. The summed E-state index contributed by atoms with van der Waals surface area (Å²) in [5.41, 5.74) is 1.11. The number of carbonyl (C=O) groups excluding carboxylic acids is 2. The van der Waals surface area contributed by atoms with Gasteiger partial charge in [0.15, 0.2) is 0 Å². The van der Waals surface area contributed by atoms with E-state index < -0.39 is 12.0 Å². The summed E-state index contributed by atoms with van der Waals surface area (Å²) in [4.78, 5) is 26.6.